The Morgan fingerprint density at radius 2 is 1.77 bits per heavy atom. The highest BCUT2D eigenvalue weighted by Gasteiger charge is 2.14. The summed E-state index contributed by atoms with van der Waals surface area (Å²) in [5.41, 5.74) is 0.145. The van der Waals surface area contributed by atoms with Crippen molar-refractivity contribution in [2.75, 3.05) is 5.32 Å². The lowest BCUT2D eigenvalue weighted by Crippen LogP contribution is -2.19. The van der Waals surface area contributed by atoms with E-state index in [1.54, 1.807) is 0 Å². The second-order valence-electron chi connectivity index (χ2n) is 2.30. The highest BCUT2D eigenvalue weighted by molar-refractivity contribution is 5.92. The average Bonchev–Trinajstić information content (AvgIpc) is 2.08. The van der Waals surface area contributed by atoms with Gasteiger partial charge in [-0.05, 0) is 24.3 Å². The normalized spacial score (nSPS) is 10.2. The minimum absolute atomic E-state index is 0.145. The molecule has 0 aliphatic heterocycles. The quantitative estimate of drug-likeness (QED) is 0.757. The zero-order valence-electron chi connectivity index (χ0n) is 6.43. The van der Waals surface area contributed by atoms with Crippen LogP contribution in [-0.4, -0.2) is 12.3 Å². The Morgan fingerprint density at radius 3 is 2.23 bits per heavy atom. The minimum atomic E-state index is -3.06. The molecule has 5 heteroatoms. The van der Waals surface area contributed by atoms with Crippen LogP contribution in [0, 0.1) is 5.82 Å². The maximum Gasteiger partial charge on any atom is 0.315 e. The van der Waals surface area contributed by atoms with Gasteiger partial charge in [0.25, 0.3) is 5.91 Å². The van der Waals surface area contributed by atoms with Crippen LogP contribution in [0.25, 0.3) is 0 Å². The van der Waals surface area contributed by atoms with Crippen LogP contribution in [0.2, 0.25) is 0 Å². The fourth-order valence-electron chi connectivity index (χ4n) is 0.730. The standard InChI is InChI=1S/C8H6F3NO/c9-5-1-3-6(4-2-5)12-8(13)7(10)11/h1-4,7H,(H,12,13). The summed E-state index contributed by atoms with van der Waals surface area (Å²) >= 11 is 0. The number of nitrogens with one attached hydrogen (secondary N) is 1. The fourth-order valence-corrected chi connectivity index (χ4v) is 0.730. The molecule has 0 fully saturated rings. The van der Waals surface area contributed by atoms with Gasteiger partial charge >= 0.3 is 6.43 Å². The lowest BCUT2D eigenvalue weighted by Gasteiger charge is -2.02. The van der Waals surface area contributed by atoms with Crippen LogP contribution in [0.1, 0.15) is 0 Å². The molecular formula is C8H6F3NO. The van der Waals surface area contributed by atoms with Crippen LogP contribution in [-0.2, 0) is 4.79 Å². The van der Waals surface area contributed by atoms with E-state index in [0.717, 1.165) is 12.1 Å². The summed E-state index contributed by atoms with van der Waals surface area (Å²) < 4.78 is 35.7. The summed E-state index contributed by atoms with van der Waals surface area (Å²) in [5.74, 6) is -1.89. The number of hydrogen-bond donors (Lipinski definition) is 1. The summed E-state index contributed by atoms with van der Waals surface area (Å²) in [4.78, 5) is 10.4. The molecule has 0 unspecified atom stereocenters. The monoisotopic (exact) mass is 189 g/mol. The molecule has 0 aromatic heterocycles. The molecule has 2 nitrogen and oxygen atoms in total. The number of carbonyl (C=O) groups is 1. The van der Waals surface area contributed by atoms with Gasteiger partial charge in [-0.15, -0.1) is 0 Å². The average molecular weight is 189 g/mol. The Bertz CT molecular complexity index is 297. The van der Waals surface area contributed by atoms with Gasteiger partial charge in [0.05, 0.1) is 0 Å². The molecule has 13 heavy (non-hydrogen) atoms. The second kappa shape index (κ2) is 3.93. The first-order chi connectivity index (χ1) is 6.09. The predicted octanol–water partition coefficient (Wildman–Crippen LogP) is 2.03. The van der Waals surface area contributed by atoms with Crippen molar-refractivity contribution in [1.29, 1.82) is 0 Å². The molecule has 1 N–H and O–H groups in total. The summed E-state index contributed by atoms with van der Waals surface area (Å²) in [7, 11) is 0. The minimum Gasteiger partial charge on any atom is -0.321 e. The molecule has 0 aliphatic rings. The SMILES string of the molecule is O=C(Nc1ccc(F)cc1)C(F)F. The molecule has 0 saturated carbocycles. The molecule has 0 radical (unpaired) electrons. The molecule has 1 aromatic carbocycles. The lowest BCUT2D eigenvalue weighted by atomic mass is 10.3. The zero-order valence-corrected chi connectivity index (χ0v) is 6.43. The molecular weight excluding hydrogens is 183 g/mol. The molecule has 70 valence electrons. The summed E-state index contributed by atoms with van der Waals surface area (Å²) in [6.07, 6.45) is -3.06. The molecule has 0 aliphatic carbocycles. The molecule has 1 amide bonds. The maximum absolute atomic E-state index is 12.3. The number of carbonyl (C=O) groups excluding carboxylic acids is 1. The molecule has 0 bridgehead atoms. The van der Waals surface area contributed by atoms with Crippen molar-refractivity contribution < 1.29 is 18.0 Å². The summed E-state index contributed by atoms with van der Waals surface area (Å²) in [5, 5.41) is 1.91. The third-order valence-corrected chi connectivity index (χ3v) is 1.31. The number of alkyl halides is 2. The first-order valence-corrected chi connectivity index (χ1v) is 3.44. The Balaban J connectivity index is 2.65. The van der Waals surface area contributed by atoms with Gasteiger partial charge in [-0.1, -0.05) is 0 Å². The van der Waals surface area contributed by atoms with E-state index in [1.165, 1.54) is 12.1 Å². The molecule has 1 rings (SSSR count). The van der Waals surface area contributed by atoms with E-state index in [0.29, 0.717) is 0 Å². The Hall–Kier alpha value is -1.52. The Kier molecular flexibility index (Phi) is 2.89. The number of rotatable bonds is 2. The van der Waals surface area contributed by atoms with Gasteiger partial charge in [0.15, 0.2) is 0 Å². The van der Waals surface area contributed by atoms with Crippen molar-refractivity contribution in [1.82, 2.24) is 0 Å². The van der Waals surface area contributed by atoms with E-state index in [1.807, 2.05) is 5.32 Å². The number of hydrogen-bond acceptors (Lipinski definition) is 1. The Morgan fingerprint density at radius 1 is 1.23 bits per heavy atom. The Labute approximate surface area is 72.4 Å². The topological polar surface area (TPSA) is 29.1 Å². The van der Waals surface area contributed by atoms with Crippen molar-refractivity contribution in [3.05, 3.63) is 30.1 Å². The van der Waals surface area contributed by atoms with Gasteiger partial charge in [0, 0.05) is 5.69 Å². The van der Waals surface area contributed by atoms with E-state index in [4.69, 9.17) is 0 Å². The third-order valence-electron chi connectivity index (χ3n) is 1.31. The molecule has 0 saturated heterocycles. The smallest absolute Gasteiger partial charge is 0.315 e. The van der Waals surface area contributed by atoms with Crippen molar-refractivity contribution >= 4 is 11.6 Å². The lowest BCUT2D eigenvalue weighted by molar-refractivity contribution is -0.126. The predicted molar refractivity (Wildman–Crippen MR) is 41.0 cm³/mol. The second-order valence-corrected chi connectivity index (χ2v) is 2.30. The largest absolute Gasteiger partial charge is 0.321 e. The van der Waals surface area contributed by atoms with E-state index in [2.05, 4.69) is 0 Å². The first kappa shape index (κ1) is 9.57. The van der Waals surface area contributed by atoms with Crippen LogP contribution < -0.4 is 5.32 Å². The van der Waals surface area contributed by atoms with Crippen LogP contribution in [0.3, 0.4) is 0 Å². The highest BCUT2D eigenvalue weighted by Crippen LogP contribution is 2.09. The van der Waals surface area contributed by atoms with E-state index < -0.39 is 18.1 Å². The zero-order chi connectivity index (χ0) is 9.84. The molecule has 0 spiro atoms. The van der Waals surface area contributed by atoms with E-state index in [9.17, 15) is 18.0 Å². The van der Waals surface area contributed by atoms with Crippen LogP contribution in [0.4, 0.5) is 18.9 Å². The van der Waals surface area contributed by atoms with Crippen LogP contribution >= 0.6 is 0 Å². The van der Waals surface area contributed by atoms with E-state index >= 15 is 0 Å². The summed E-state index contributed by atoms with van der Waals surface area (Å²) in [6.45, 7) is 0. The van der Waals surface area contributed by atoms with Gasteiger partial charge < -0.3 is 5.32 Å². The molecule has 0 atom stereocenters. The van der Waals surface area contributed by atoms with Gasteiger partial charge in [-0.3, -0.25) is 4.79 Å². The van der Waals surface area contributed by atoms with Crippen molar-refractivity contribution in [2.24, 2.45) is 0 Å². The third kappa shape index (κ3) is 2.77. The molecule has 0 heterocycles. The van der Waals surface area contributed by atoms with Gasteiger partial charge in [0.1, 0.15) is 5.82 Å². The number of anilines is 1. The number of halogens is 3. The van der Waals surface area contributed by atoms with Crippen LogP contribution in [0.15, 0.2) is 24.3 Å². The van der Waals surface area contributed by atoms with E-state index in [-0.39, 0.29) is 5.69 Å². The van der Waals surface area contributed by atoms with Crippen LogP contribution in [0.5, 0.6) is 0 Å². The van der Waals surface area contributed by atoms with Crippen molar-refractivity contribution in [2.45, 2.75) is 6.43 Å². The summed E-state index contributed by atoms with van der Waals surface area (Å²) in [6, 6.07) is 4.55. The number of benzene rings is 1. The van der Waals surface area contributed by atoms with Crippen molar-refractivity contribution in [3.63, 3.8) is 0 Å². The van der Waals surface area contributed by atoms with Gasteiger partial charge in [-0.25, -0.2) is 4.39 Å². The van der Waals surface area contributed by atoms with Gasteiger partial charge in [-0.2, -0.15) is 8.78 Å². The fraction of sp³-hybridized carbons (Fsp3) is 0.125. The number of amides is 1. The first-order valence-electron chi connectivity index (χ1n) is 3.44. The van der Waals surface area contributed by atoms with Crippen molar-refractivity contribution in [3.8, 4) is 0 Å². The van der Waals surface area contributed by atoms with Gasteiger partial charge in [0.2, 0.25) is 0 Å². The maximum atomic E-state index is 12.3. The molecule has 1 aromatic rings. The highest BCUT2D eigenvalue weighted by atomic mass is 19.3.